The largest absolute Gasteiger partial charge is 0.460 e. The Labute approximate surface area is 159 Å². The third kappa shape index (κ3) is 2.99. The molecular weight excluding hydrogens is 342 g/mol. The first kappa shape index (κ1) is 17.0. The van der Waals surface area contributed by atoms with Crippen LogP contribution in [0.2, 0.25) is 0 Å². The molecule has 4 aliphatic rings. The fourth-order valence-electron chi connectivity index (χ4n) is 4.97. The maximum atomic E-state index is 12.9. The Bertz CT molecular complexity index is 834. The zero-order valence-corrected chi connectivity index (χ0v) is 15.8. The minimum atomic E-state index is -0.0741. The number of nitrogens with zero attached hydrogens (tertiary/aromatic N) is 3. The third-order valence-electron chi connectivity index (χ3n) is 6.61. The van der Waals surface area contributed by atoms with Gasteiger partial charge in [-0.1, -0.05) is 0 Å². The lowest BCUT2D eigenvalue weighted by molar-refractivity contribution is 0.0216. The number of piperazine rings is 1. The van der Waals surface area contributed by atoms with E-state index in [2.05, 4.69) is 32.3 Å². The number of furan rings is 1. The van der Waals surface area contributed by atoms with Crippen molar-refractivity contribution in [2.75, 3.05) is 44.2 Å². The molecule has 2 bridgehead atoms. The number of hydrogen-bond acceptors (Lipinski definition) is 6. The number of fused-ring (bicyclic) bond motifs is 4. The average Bonchev–Trinajstić information content (AvgIpc) is 3.15. The molecule has 0 unspecified atom stereocenters. The maximum Gasteiger partial charge on any atom is 0.270 e. The van der Waals surface area contributed by atoms with Crippen molar-refractivity contribution in [3.05, 3.63) is 24.2 Å². The van der Waals surface area contributed by atoms with Crippen molar-refractivity contribution in [2.45, 2.75) is 31.8 Å². The third-order valence-corrected chi connectivity index (χ3v) is 6.61. The van der Waals surface area contributed by atoms with Crippen LogP contribution in [0.25, 0.3) is 11.0 Å². The van der Waals surface area contributed by atoms with E-state index in [1.807, 2.05) is 6.07 Å². The number of carbonyl (C=O) groups is 1. The van der Waals surface area contributed by atoms with Crippen LogP contribution in [0.1, 0.15) is 30.3 Å². The minimum absolute atomic E-state index is 0.0741. The van der Waals surface area contributed by atoms with Crippen LogP contribution in [-0.2, 0) is 0 Å². The number of rotatable bonds is 3. The van der Waals surface area contributed by atoms with Crippen molar-refractivity contribution in [1.82, 2.24) is 20.5 Å². The van der Waals surface area contributed by atoms with Gasteiger partial charge in [-0.3, -0.25) is 9.69 Å². The molecule has 0 saturated carbocycles. The van der Waals surface area contributed by atoms with E-state index >= 15 is 0 Å². The van der Waals surface area contributed by atoms with Gasteiger partial charge >= 0.3 is 0 Å². The molecule has 4 fully saturated rings. The van der Waals surface area contributed by atoms with E-state index in [-0.39, 0.29) is 11.9 Å². The van der Waals surface area contributed by atoms with Crippen LogP contribution in [0.3, 0.4) is 0 Å². The first-order valence-electron chi connectivity index (χ1n) is 10.1. The number of nitrogens with one attached hydrogen (secondary N) is 2. The van der Waals surface area contributed by atoms with Crippen molar-refractivity contribution in [3.63, 3.8) is 0 Å². The first-order chi connectivity index (χ1) is 13.2. The highest BCUT2D eigenvalue weighted by molar-refractivity contribution is 5.99. The molecule has 4 saturated heterocycles. The monoisotopic (exact) mass is 369 g/mol. The Morgan fingerprint density at radius 1 is 1.26 bits per heavy atom. The van der Waals surface area contributed by atoms with Crippen LogP contribution in [0.5, 0.6) is 0 Å². The second kappa shape index (κ2) is 6.80. The highest BCUT2D eigenvalue weighted by Crippen LogP contribution is 2.33. The van der Waals surface area contributed by atoms with Gasteiger partial charge in [0, 0.05) is 43.6 Å². The van der Waals surface area contributed by atoms with Gasteiger partial charge in [-0.15, -0.1) is 0 Å². The van der Waals surface area contributed by atoms with Crippen LogP contribution in [0, 0.1) is 5.92 Å². The van der Waals surface area contributed by atoms with Crippen molar-refractivity contribution < 1.29 is 9.21 Å². The summed E-state index contributed by atoms with van der Waals surface area (Å²) >= 11 is 0. The number of aromatic nitrogens is 1. The number of amides is 1. The topological polar surface area (TPSA) is 73.6 Å². The fraction of sp³-hybridized carbons (Fsp3) is 0.600. The van der Waals surface area contributed by atoms with Crippen LogP contribution in [0.15, 0.2) is 22.9 Å². The molecule has 7 nitrogen and oxygen atoms in total. The molecule has 0 aromatic carbocycles. The molecule has 1 amide bonds. The van der Waals surface area contributed by atoms with Gasteiger partial charge in [-0.25, -0.2) is 4.98 Å². The zero-order valence-electron chi connectivity index (χ0n) is 15.8. The Hall–Kier alpha value is -2.12. The quantitative estimate of drug-likeness (QED) is 0.853. The first-order valence-corrected chi connectivity index (χ1v) is 10.1. The molecule has 0 spiro atoms. The molecule has 2 aromatic heterocycles. The SMILES string of the molecule is C[C@@H]1[C@H](NC(=O)c2cc3c(N4CCNCC4)coc3cn2)C2CCN1CC2. The number of piperidine rings is 3. The van der Waals surface area contributed by atoms with Crippen molar-refractivity contribution >= 4 is 22.6 Å². The summed E-state index contributed by atoms with van der Waals surface area (Å²) in [4.78, 5) is 22.1. The summed E-state index contributed by atoms with van der Waals surface area (Å²) in [5.74, 6) is 0.512. The number of anilines is 1. The van der Waals surface area contributed by atoms with Gasteiger partial charge in [0.15, 0.2) is 5.58 Å². The van der Waals surface area contributed by atoms with Gasteiger partial charge in [0.25, 0.3) is 5.91 Å². The summed E-state index contributed by atoms with van der Waals surface area (Å²) in [6.07, 6.45) is 5.82. The van der Waals surface area contributed by atoms with E-state index in [4.69, 9.17) is 4.42 Å². The fourth-order valence-corrected chi connectivity index (χ4v) is 4.97. The minimum Gasteiger partial charge on any atom is -0.460 e. The lowest BCUT2D eigenvalue weighted by Crippen LogP contribution is -2.62. The summed E-state index contributed by atoms with van der Waals surface area (Å²) in [7, 11) is 0. The summed E-state index contributed by atoms with van der Waals surface area (Å²) in [6, 6.07) is 2.50. The van der Waals surface area contributed by atoms with Gasteiger partial charge < -0.3 is 20.0 Å². The highest BCUT2D eigenvalue weighted by Gasteiger charge is 2.40. The number of pyridine rings is 1. The van der Waals surface area contributed by atoms with E-state index in [1.165, 1.54) is 12.8 Å². The van der Waals surface area contributed by atoms with Gasteiger partial charge in [0.2, 0.25) is 0 Å². The predicted molar refractivity (Wildman–Crippen MR) is 104 cm³/mol. The molecule has 6 rings (SSSR count). The summed E-state index contributed by atoms with van der Waals surface area (Å²) < 4.78 is 5.68. The van der Waals surface area contributed by atoms with Crippen LogP contribution >= 0.6 is 0 Å². The molecule has 144 valence electrons. The molecule has 4 aliphatic heterocycles. The number of carbonyl (C=O) groups excluding carboxylic acids is 1. The van der Waals surface area contributed by atoms with E-state index in [1.54, 1.807) is 12.5 Å². The maximum absolute atomic E-state index is 12.9. The molecular formula is C20H27N5O2. The van der Waals surface area contributed by atoms with Gasteiger partial charge in [-0.2, -0.15) is 0 Å². The molecule has 27 heavy (non-hydrogen) atoms. The lowest BCUT2D eigenvalue weighted by atomic mass is 9.79. The van der Waals surface area contributed by atoms with Crippen molar-refractivity contribution in [3.8, 4) is 0 Å². The van der Waals surface area contributed by atoms with E-state index in [9.17, 15) is 4.79 Å². The van der Waals surface area contributed by atoms with E-state index in [0.29, 0.717) is 17.7 Å². The molecule has 2 N–H and O–H groups in total. The Balaban J connectivity index is 1.38. The summed E-state index contributed by atoms with van der Waals surface area (Å²) in [5, 5.41) is 7.61. The molecule has 7 heteroatoms. The highest BCUT2D eigenvalue weighted by atomic mass is 16.3. The molecule has 2 atom stereocenters. The average molecular weight is 369 g/mol. The van der Waals surface area contributed by atoms with Gasteiger partial charge in [0.05, 0.1) is 11.9 Å². The summed E-state index contributed by atoms with van der Waals surface area (Å²) in [5.41, 5.74) is 2.26. The summed E-state index contributed by atoms with van der Waals surface area (Å²) in [6.45, 7) is 8.35. The van der Waals surface area contributed by atoms with Crippen LogP contribution in [0.4, 0.5) is 5.69 Å². The molecule has 0 radical (unpaired) electrons. The zero-order chi connectivity index (χ0) is 18.4. The molecule has 2 aromatic rings. The van der Waals surface area contributed by atoms with Crippen molar-refractivity contribution in [2.24, 2.45) is 5.92 Å². The Kier molecular flexibility index (Phi) is 4.28. The normalized spacial score (nSPS) is 30.6. The second-order valence-electron chi connectivity index (χ2n) is 8.04. The van der Waals surface area contributed by atoms with Gasteiger partial charge in [-0.05, 0) is 44.8 Å². The molecule has 0 aliphatic carbocycles. The Morgan fingerprint density at radius 3 is 2.78 bits per heavy atom. The Morgan fingerprint density at radius 2 is 2.04 bits per heavy atom. The predicted octanol–water partition coefficient (Wildman–Crippen LogP) is 1.45. The van der Waals surface area contributed by atoms with E-state index < -0.39 is 0 Å². The van der Waals surface area contributed by atoms with Crippen molar-refractivity contribution in [1.29, 1.82) is 0 Å². The lowest BCUT2D eigenvalue weighted by Gasteiger charge is -2.49. The second-order valence-corrected chi connectivity index (χ2v) is 8.04. The van der Waals surface area contributed by atoms with Crippen LogP contribution < -0.4 is 15.5 Å². The standard InChI is InChI=1S/C20H27N5O2/c1-13-19(14-2-6-24(13)7-3-14)23-20(26)16-10-15-17(12-27-18(15)11-22-16)25-8-4-21-5-9-25/h10-14,19,21H,2-9H2,1H3,(H,23,26)/t13-,19+/m1/s1. The van der Waals surface area contributed by atoms with E-state index in [0.717, 1.165) is 55.9 Å². The number of hydrogen-bond donors (Lipinski definition) is 2. The smallest absolute Gasteiger partial charge is 0.270 e. The molecule has 6 heterocycles. The van der Waals surface area contributed by atoms with Gasteiger partial charge in [0.1, 0.15) is 12.0 Å². The van der Waals surface area contributed by atoms with Crippen LogP contribution in [-0.4, -0.2) is 67.1 Å².